The molecule has 2 aromatic rings. The van der Waals surface area contributed by atoms with Crippen LogP contribution in [0.2, 0.25) is 0 Å². The molecule has 1 unspecified atom stereocenters. The van der Waals surface area contributed by atoms with Gasteiger partial charge in [-0.2, -0.15) is 0 Å². The number of hydrogen-bond acceptors (Lipinski definition) is 4. The highest BCUT2D eigenvalue weighted by Gasteiger charge is 2.05. The zero-order valence-corrected chi connectivity index (χ0v) is 11.7. The van der Waals surface area contributed by atoms with Gasteiger partial charge in [-0.3, -0.25) is 0 Å². The normalized spacial score (nSPS) is 12.8. The quantitative estimate of drug-likeness (QED) is 0.644. The zero-order valence-electron chi connectivity index (χ0n) is 10.1. The molecule has 2 heterocycles. The summed E-state index contributed by atoms with van der Waals surface area (Å²) in [5.74, 6) is 1.04. The number of thiophene rings is 1. The van der Waals surface area contributed by atoms with E-state index in [1.54, 1.807) is 23.1 Å². The van der Waals surface area contributed by atoms with Crippen molar-refractivity contribution in [2.24, 2.45) is 7.05 Å². The van der Waals surface area contributed by atoms with E-state index in [2.05, 4.69) is 34.7 Å². The third-order valence-electron chi connectivity index (χ3n) is 2.53. The second-order valence-corrected chi connectivity index (χ2v) is 5.90. The van der Waals surface area contributed by atoms with E-state index in [1.807, 2.05) is 24.0 Å². The summed E-state index contributed by atoms with van der Waals surface area (Å²) in [5, 5.41) is 6.72. The Kier molecular flexibility index (Phi) is 4.65. The van der Waals surface area contributed by atoms with Gasteiger partial charge in [-0.05, 0) is 18.4 Å². The highest BCUT2D eigenvalue weighted by atomic mass is 32.2. The van der Waals surface area contributed by atoms with Crippen LogP contribution in [0.4, 0.5) is 0 Å². The average Bonchev–Trinajstić information content (AvgIpc) is 2.96. The third kappa shape index (κ3) is 3.59. The van der Waals surface area contributed by atoms with Crippen LogP contribution in [0.3, 0.4) is 0 Å². The van der Waals surface area contributed by atoms with Gasteiger partial charge in [0.05, 0.1) is 0 Å². The Hall–Kier alpha value is -0.780. The molecule has 0 aliphatic carbocycles. The van der Waals surface area contributed by atoms with Crippen molar-refractivity contribution in [1.29, 1.82) is 0 Å². The molecular weight excluding hydrogens is 250 g/mol. The van der Waals surface area contributed by atoms with Crippen LogP contribution < -0.4 is 5.32 Å². The van der Waals surface area contributed by atoms with E-state index >= 15 is 0 Å². The average molecular weight is 267 g/mol. The van der Waals surface area contributed by atoms with Crippen molar-refractivity contribution in [2.75, 3.05) is 12.3 Å². The van der Waals surface area contributed by atoms with Crippen LogP contribution in [0.25, 0.3) is 0 Å². The highest BCUT2D eigenvalue weighted by Crippen LogP contribution is 2.18. The Balaban J connectivity index is 1.68. The lowest BCUT2D eigenvalue weighted by Gasteiger charge is -2.11. The van der Waals surface area contributed by atoms with Gasteiger partial charge in [0.15, 0.2) is 5.16 Å². The minimum atomic E-state index is 0.442. The van der Waals surface area contributed by atoms with Gasteiger partial charge >= 0.3 is 0 Å². The van der Waals surface area contributed by atoms with Crippen molar-refractivity contribution in [3.63, 3.8) is 0 Å². The molecule has 0 aromatic carbocycles. The van der Waals surface area contributed by atoms with Crippen LogP contribution in [-0.4, -0.2) is 21.8 Å². The number of nitrogens with zero attached hydrogens (tertiary/aromatic N) is 2. The first-order chi connectivity index (χ1) is 8.27. The molecule has 5 heteroatoms. The van der Waals surface area contributed by atoms with Gasteiger partial charge in [0.1, 0.15) is 0 Å². The first-order valence-corrected chi connectivity index (χ1v) is 7.51. The van der Waals surface area contributed by atoms with Crippen LogP contribution in [0, 0.1) is 0 Å². The van der Waals surface area contributed by atoms with Crippen molar-refractivity contribution in [1.82, 2.24) is 14.9 Å². The maximum Gasteiger partial charge on any atom is 0.167 e. The fraction of sp³-hybridized carbons (Fsp3) is 0.417. The Morgan fingerprint density at radius 2 is 2.47 bits per heavy atom. The summed E-state index contributed by atoms with van der Waals surface area (Å²) in [6.07, 6.45) is 3.81. The number of rotatable bonds is 6. The minimum Gasteiger partial charge on any atom is -0.329 e. The predicted molar refractivity (Wildman–Crippen MR) is 74.7 cm³/mol. The van der Waals surface area contributed by atoms with E-state index in [0.29, 0.717) is 6.04 Å². The number of nitrogens with one attached hydrogen (secondary N) is 1. The molecule has 1 N–H and O–H groups in total. The summed E-state index contributed by atoms with van der Waals surface area (Å²) in [7, 11) is 2.02. The molecule has 0 saturated heterocycles. The Labute approximate surface area is 110 Å². The lowest BCUT2D eigenvalue weighted by atomic mass is 10.3. The number of aryl methyl sites for hydroxylation is 1. The summed E-state index contributed by atoms with van der Waals surface area (Å²) in [5.41, 5.74) is 0. The molecule has 3 nitrogen and oxygen atoms in total. The van der Waals surface area contributed by atoms with Crippen molar-refractivity contribution in [2.45, 2.75) is 18.1 Å². The summed E-state index contributed by atoms with van der Waals surface area (Å²) < 4.78 is 2.05. The molecule has 0 spiro atoms. The number of hydrogen-bond donors (Lipinski definition) is 1. The van der Waals surface area contributed by atoms with Gasteiger partial charge in [-0.1, -0.05) is 17.8 Å². The minimum absolute atomic E-state index is 0.442. The predicted octanol–water partition coefficient (Wildman–Crippen LogP) is 2.92. The van der Waals surface area contributed by atoms with Crippen LogP contribution >= 0.6 is 23.1 Å². The maximum absolute atomic E-state index is 4.28. The van der Waals surface area contributed by atoms with Gasteiger partial charge < -0.3 is 9.88 Å². The largest absolute Gasteiger partial charge is 0.329 e. The zero-order chi connectivity index (χ0) is 12.1. The topological polar surface area (TPSA) is 29.9 Å². The lowest BCUT2D eigenvalue weighted by Crippen LogP contribution is -2.20. The summed E-state index contributed by atoms with van der Waals surface area (Å²) >= 11 is 3.59. The SMILES string of the molecule is CC(NCCSc1nccn1C)c1cccs1. The molecule has 2 aromatic heterocycles. The summed E-state index contributed by atoms with van der Waals surface area (Å²) in [6, 6.07) is 4.71. The molecule has 0 saturated carbocycles. The number of aromatic nitrogens is 2. The smallest absolute Gasteiger partial charge is 0.167 e. The summed E-state index contributed by atoms with van der Waals surface area (Å²) in [6.45, 7) is 3.20. The summed E-state index contributed by atoms with van der Waals surface area (Å²) in [4.78, 5) is 5.68. The van der Waals surface area contributed by atoms with Gasteiger partial charge in [0.25, 0.3) is 0 Å². The molecule has 0 bridgehead atoms. The number of thioether (sulfide) groups is 1. The Morgan fingerprint density at radius 1 is 1.59 bits per heavy atom. The molecule has 0 fully saturated rings. The van der Waals surface area contributed by atoms with Gasteiger partial charge in [0, 0.05) is 42.7 Å². The molecule has 1 atom stereocenters. The van der Waals surface area contributed by atoms with Crippen molar-refractivity contribution in [3.8, 4) is 0 Å². The monoisotopic (exact) mass is 267 g/mol. The van der Waals surface area contributed by atoms with E-state index < -0.39 is 0 Å². The van der Waals surface area contributed by atoms with Gasteiger partial charge in [-0.15, -0.1) is 11.3 Å². The molecule has 0 amide bonds. The fourth-order valence-corrected chi connectivity index (χ4v) is 3.11. The lowest BCUT2D eigenvalue weighted by molar-refractivity contribution is 0.610. The van der Waals surface area contributed by atoms with E-state index in [1.165, 1.54) is 4.88 Å². The van der Waals surface area contributed by atoms with Crippen molar-refractivity contribution < 1.29 is 0 Å². The second kappa shape index (κ2) is 6.23. The first kappa shape index (κ1) is 12.7. The molecule has 17 heavy (non-hydrogen) atoms. The third-order valence-corrected chi connectivity index (χ3v) is 4.65. The first-order valence-electron chi connectivity index (χ1n) is 5.64. The maximum atomic E-state index is 4.28. The Morgan fingerprint density at radius 3 is 3.12 bits per heavy atom. The molecular formula is C12H17N3S2. The highest BCUT2D eigenvalue weighted by molar-refractivity contribution is 7.99. The fourth-order valence-electron chi connectivity index (χ4n) is 1.55. The van der Waals surface area contributed by atoms with Crippen molar-refractivity contribution in [3.05, 3.63) is 34.8 Å². The van der Waals surface area contributed by atoms with Crippen LogP contribution in [0.1, 0.15) is 17.8 Å². The van der Waals surface area contributed by atoms with E-state index in [-0.39, 0.29) is 0 Å². The van der Waals surface area contributed by atoms with E-state index in [4.69, 9.17) is 0 Å². The second-order valence-electron chi connectivity index (χ2n) is 3.86. The van der Waals surface area contributed by atoms with Crippen LogP contribution in [-0.2, 0) is 7.05 Å². The molecule has 2 rings (SSSR count). The molecule has 0 radical (unpaired) electrons. The molecule has 0 aliphatic rings. The van der Waals surface area contributed by atoms with Gasteiger partial charge in [-0.25, -0.2) is 4.98 Å². The van der Waals surface area contributed by atoms with Crippen molar-refractivity contribution >= 4 is 23.1 Å². The van der Waals surface area contributed by atoms with E-state index in [0.717, 1.165) is 17.5 Å². The van der Waals surface area contributed by atoms with Crippen LogP contribution in [0.5, 0.6) is 0 Å². The standard InChI is InChI=1S/C12H17N3S2/c1-10(11-4-3-8-16-11)13-6-9-17-12-14-5-7-15(12)2/h3-5,7-8,10,13H,6,9H2,1-2H3. The van der Waals surface area contributed by atoms with Gasteiger partial charge in [0.2, 0.25) is 0 Å². The number of imidazole rings is 1. The molecule has 92 valence electrons. The Bertz CT molecular complexity index is 436. The van der Waals surface area contributed by atoms with E-state index in [9.17, 15) is 0 Å². The van der Waals surface area contributed by atoms with Crippen LogP contribution in [0.15, 0.2) is 35.1 Å². The molecule has 0 aliphatic heterocycles.